The van der Waals surface area contributed by atoms with Gasteiger partial charge in [0.25, 0.3) is 5.91 Å². The van der Waals surface area contributed by atoms with Gasteiger partial charge in [-0.15, -0.1) is 0 Å². The molecule has 8 heteroatoms. The molecule has 0 radical (unpaired) electrons. The largest absolute Gasteiger partial charge is 0.493 e. The minimum atomic E-state index is -0.804. The van der Waals surface area contributed by atoms with Crippen LogP contribution in [0.15, 0.2) is 97.1 Å². The van der Waals surface area contributed by atoms with Crippen LogP contribution in [0.5, 0.6) is 17.2 Å². The smallest absolute Gasteiger partial charge is 0.292 e. The number of nitrogens with one attached hydrogen (secondary N) is 2. The monoisotopic (exact) mass is 648 g/mol. The molecule has 0 unspecified atom stereocenters. The lowest BCUT2D eigenvalue weighted by Crippen LogP contribution is -2.47. The summed E-state index contributed by atoms with van der Waals surface area (Å²) in [6, 6.07) is 30.8. The zero-order valence-electron chi connectivity index (χ0n) is 27.9. The van der Waals surface area contributed by atoms with Crippen LogP contribution >= 0.6 is 0 Å². The summed E-state index contributed by atoms with van der Waals surface area (Å²) < 4.78 is 16.1. The Morgan fingerprint density at radius 2 is 1.27 bits per heavy atom. The summed E-state index contributed by atoms with van der Waals surface area (Å²) in [5.41, 5.74) is 4.49. The molecule has 4 aromatic carbocycles. The number of ketones is 1. The summed E-state index contributed by atoms with van der Waals surface area (Å²) >= 11 is 0. The number of amides is 2. The molecule has 0 spiro atoms. The van der Waals surface area contributed by atoms with Gasteiger partial charge in [-0.05, 0) is 79.3 Å². The number of hydrogen-bond donors (Lipinski definition) is 2. The van der Waals surface area contributed by atoms with Crippen LogP contribution in [0.4, 0.5) is 0 Å². The maximum atomic E-state index is 14.2. The topological polar surface area (TPSA) is 103 Å². The summed E-state index contributed by atoms with van der Waals surface area (Å²) in [6.07, 6.45) is 5.84. The van der Waals surface area contributed by atoms with Gasteiger partial charge in [-0.25, -0.2) is 0 Å². The van der Waals surface area contributed by atoms with E-state index >= 15 is 0 Å². The van der Waals surface area contributed by atoms with Gasteiger partial charge in [-0.1, -0.05) is 84.9 Å². The van der Waals surface area contributed by atoms with Crippen LogP contribution in [0.1, 0.15) is 64.2 Å². The fourth-order valence-electron chi connectivity index (χ4n) is 6.60. The number of ether oxygens (including phenoxy) is 3. The fraction of sp³-hybridized carbons (Fsp3) is 0.325. The Morgan fingerprint density at radius 1 is 0.729 bits per heavy atom. The third kappa shape index (κ3) is 8.42. The highest BCUT2D eigenvalue weighted by Gasteiger charge is 2.40. The zero-order valence-corrected chi connectivity index (χ0v) is 27.9. The molecule has 0 aliphatic heterocycles. The van der Waals surface area contributed by atoms with Crippen molar-refractivity contribution in [1.82, 2.24) is 10.6 Å². The Labute approximate surface area is 282 Å². The number of methoxy groups -OCH3 is 3. The van der Waals surface area contributed by atoms with Crippen molar-refractivity contribution in [2.24, 2.45) is 0 Å². The number of hydrogen-bond acceptors (Lipinski definition) is 6. The van der Waals surface area contributed by atoms with Gasteiger partial charge >= 0.3 is 0 Å². The first-order chi connectivity index (χ1) is 23.4. The lowest BCUT2D eigenvalue weighted by molar-refractivity contribution is -0.124. The van der Waals surface area contributed by atoms with Crippen molar-refractivity contribution in [3.8, 4) is 17.2 Å². The maximum absolute atomic E-state index is 14.2. The zero-order chi connectivity index (χ0) is 33.9. The molecule has 2 amide bonds. The number of fused-ring (bicyclic) bond motifs is 1. The van der Waals surface area contributed by atoms with Crippen LogP contribution in [0.3, 0.4) is 0 Å². The second-order valence-electron chi connectivity index (χ2n) is 12.2. The minimum Gasteiger partial charge on any atom is -0.493 e. The van der Waals surface area contributed by atoms with Crippen molar-refractivity contribution < 1.29 is 28.6 Å². The van der Waals surface area contributed by atoms with Crippen molar-refractivity contribution in [2.45, 2.75) is 62.9 Å². The third-order valence-electron chi connectivity index (χ3n) is 9.03. The SMILES string of the molecule is COc1cc(C(=O)C(=O)N[C@@H]2Cc3ccccc3[C@H]2C(=O)NC(CCCc2ccccc2)CCCc2ccccc2)cc(OC)c1OC. The second kappa shape index (κ2) is 16.6. The van der Waals surface area contributed by atoms with Gasteiger partial charge in [0.05, 0.1) is 27.2 Å². The van der Waals surface area contributed by atoms with Crippen molar-refractivity contribution >= 4 is 17.6 Å². The highest BCUT2D eigenvalue weighted by Crippen LogP contribution is 2.39. The van der Waals surface area contributed by atoms with Gasteiger partial charge < -0.3 is 24.8 Å². The van der Waals surface area contributed by atoms with Crippen molar-refractivity contribution in [2.75, 3.05) is 21.3 Å². The average molecular weight is 649 g/mol. The molecular weight excluding hydrogens is 604 g/mol. The van der Waals surface area contributed by atoms with Crippen molar-refractivity contribution in [3.63, 3.8) is 0 Å². The second-order valence-corrected chi connectivity index (χ2v) is 12.2. The third-order valence-corrected chi connectivity index (χ3v) is 9.03. The van der Waals surface area contributed by atoms with E-state index in [1.807, 2.05) is 60.7 Å². The van der Waals surface area contributed by atoms with Crippen LogP contribution in [0, 0.1) is 0 Å². The Hall–Kier alpha value is -5.11. The Morgan fingerprint density at radius 3 is 1.81 bits per heavy atom. The Balaban J connectivity index is 1.31. The van der Waals surface area contributed by atoms with Gasteiger partial charge in [0.15, 0.2) is 11.5 Å². The van der Waals surface area contributed by atoms with E-state index < -0.39 is 23.7 Å². The number of carbonyl (C=O) groups excluding carboxylic acids is 3. The molecule has 0 saturated carbocycles. The van der Waals surface area contributed by atoms with Crippen LogP contribution in [-0.4, -0.2) is 51.0 Å². The molecular formula is C40H44N2O6. The van der Waals surface area contributed by atoms with E-state index in [4.69, 9.17) is 14.2 Å². The standard InChI is InChI=1S/C40H44N2O6/c1-46-34-25-30(26-35(47-2)38(34)48-3)37(43)40(45)42-33-24-29-20-10-11-23-32(29)36(33)39(44)41-31(21-12-18-27-14-6-4-7-15-27)22-13-19-28-16-8-5-9-17-28/h4-11,14-17,20,23,25-26,31,33,36H,12-13,18-19,21-22,24H2,1-3H3,(H,41,44)(H,42,45)/t33-,36-/m1/s1. The molecule has 0 saturated heterocycles. The lowest BCUT2D eigenvalue weighted by Gasteiger charge is -2.25. The highest BCUT2D eigenvalue weighted by atomic mass is 16.5. The van der Waals surface area contributed by atoms with Gasteiger partial charge in [0.1, 0.15) is 0 Å². The van der Waals surface area contributed by atoms with E-state index in [-0.39, 0.29) is 29.0 Å². The fourth-order valence-corrected chi connectivity index (χ4v) is 6.60. The molecule has 0 bridgehead atoms. The van der Waals surface area contributed by atoms with Gasteiger partial charge in [0.2, 0.25) is 17.4 Å². The first-order valence-corrected chi connectivity index (χ1v) is 16.5. The summed E-state index contributed by atoms with van der Waals surface area (Å²) in [5, 5.41) is 6.26. The molecule has 4 aromatic rings. The number of benzene rings is 4. The number of Topliss-reactive ketones (excluding diaryl/α,β-unsaturated/α-hetero) is 1. The van der Waals surface area contributed by atoms with Crippen LogP contribution < -0.4 is 24.8 Å². The van der Waals surface area contributed by atoms with E-state index in [2.05, 4.69) is 34.9 Å². The Kier molecular flexibility index (Phi) is 11.9. The van der Waals surface area contributed by atoms with Crippen molar-refractivity contribution in [3.05, 3.63) is 125 Å². The predicted molar refractivity (Wildman–Crippen MR) is 186 cm³/mol. The average Bonchev–Trinajstić information content (AvgIpc) is 3.49. The number of rotatable bonds is 16. The van der Waals surface area contributed by atoms with Gasteiger partial charge in [-0.3, -0.25) is 14.4 Å². The molecule has 0 heterocycles. The normalized spacial score (nSPS) is 15.0. The predicted octanol–water partition coefficient (Wildman–Crippen LogP) is 6.25. The summed E-state index contributed by atoms with van der Waals surface area (Å²) in [6.45, 7) is 0. The number of aryl methyl sites for hydroxylation is 2. The van der Waals surface area contributed by atoms with E-state index in [9.17, 15) is 14.4 Å². The molecule has 48 heavy (non-hydrogen) atoms. The molecule has 0 aromatic heterocycles. The van der Waals surface area contributed by atoms with E-state index in [0.717, 1.165) is 49.7 Å². The molecule has 250 valence electrons. The molecule has 8 nitrogen and oxygen atoms in total. The van der Waals surface area contributed by atoms with E-state index in [1.165, 1.54) is 44.6 Å². The Bertz CT molecular complexity index is 1620. The van der Waals surface area contributed by atoms with E-state index in [1.54, 1.807) is 0 Å². The summed E-state index contributed by atoms with van der Waals surface area (Å²) in [7, 11) is 4.36. The highest BCUT2D eigenvalue weighted by molar-refractivity contribution is 6.43. The summed E-state index contributed by atoms with van der Waals surface area (Å²) in [5.74, 6) is -1.49. The first kappa shape index (κ1) is 34.2. The quantitative estimate of drug-likeness (QED) is 0.110. The van der Waals surface area contributed by atoms with Crippen LogP contribution in [0.2, 0.25) is 0 Å². The van der Waals surface area contributed by atoms with Gasteiger partial charge in [-0.2, -0.15) is 0 Å². The van der Waals surface area contributed by atoms with Gasteiger partial charge in [0, 0.05) is 17.6 Å². The number of carbonyl (C=O) groups is 3. The van der Waals surface area contributed by atoms with Crippen molar-refractivity contribution in [1.29, 1.82) is 0 Å². The molecule has 5 rings (SSSR count). The first-order valence-electron chi connectivity index (χ1n) is 16.5. The molecule has 1 aliphatic carbocycles. The summed E-state index contributed by atoms with van der Waals surface area (Å²) in [4.78, 5) is 41.0. The lowest BCUT2D eigenvalue weighted by atomic mass is 9.94. The van der Waals surface area contributed by atoms with Crippen LogP contribution in [0.25, 0.3) is 0 Å². The molecule has 2 N–H and O–H groups in total. The maximum Gasteiger partial charge on any atom is 0.292 e. The molecule has 2 atom stereocenters. The minimum absolute atomic E-state index is 0.0325. The molecule has 1 aliphatic rings. The molecule has 0 fully saturated rings. The van der Waals surface area contributed by atoms with Crippen LogP contribution in [-0.2, 0) is 28.9 Å². The van der Waals surface area contributed by atoms with E-state index in [0.29, 0.717) is 12.2 Å².